The molecule has 0 spiro atoms. The summed E-state index contributed by atoms with van der Waals surface area (Å²) in [6.45, 7) is 28.7. The summed E-state index contributed by atoms with van der Waals surface area (Å²) in [7, 11) is -7.40. The fourth-order valence-corrected chi connectivity index (χ4v) is 8.60. The fraction of sp³-hybridized carbons (Fsp3) is 0.692. The van der Waals surface area contributed by atoms with Crippen molar-refractivity contribution in [2.75, 3.05) is 26.5 Å². The highest BCUT2D eigenvalue weighted by molar-refractivity contribution is 7.56. The number of benzene rings is 1. The maximum atomic E-state index is 14.2. The van der Waals surface area contributed by atoms with Crippen molar-refractivity contribution in [3.8, 4) is 11.5 Å². The molecule has 0 saturated heterocycles. The number of carbonyl (C=O) groups excluding carboxylic acids is 2. The zero-order chi connectivity index (χ0) is 38.9. The normalized spacial score (nSPS) is 20.2. The highest BCUT2D eigenvalue weighted by atomic mass is 31.2. The van der Waals surface area contributed by atoms with Crippen LogP contribution in [0.15, 0.2) is 35.9 Å². The van der Waals surface area contributed by atoms with Crippen LogP contribution in [-0.4, -0.2) is 50.6 Å². The van der Waals surface area contributed by atoms with E-state index in [4.69, 9.17) is 18.5 Å². The highest BCUT2D eigenvalue weighted by Gasteiger charge is 2.36. The van der Waals surface area contributed by atoms with E-state index in [9.17, 15) is 18.7 Å². The van der Waals surface area contributed by atoms with Crippen LogP contribution in [0.3, 0.4) is 0 Å². The van der Waals surface area contributed by atoms with Gasteiger partial charge < -0.3 is 18.5 Å². The summed E-state index contributed by atoms with van der Waals surface area (Å²) in [5.74, 6) is -0.742. The minimum Gasteiger partial charge on any atom is -0.464 e. The Morgan fingerprint density at radius 2 is 1.33 bits per heavy atom. The van der Waals surface area contributed by atoms with Crippen molar-refractivity contribution in [3.63, 3.8) is 0 Å². The zero-order valence-corrected chi connectivity index (χ0v) is 35.4. The number of allylic oxidation sites excluding steroid dienone is 3. The third-order valence-electron chi connectivity index (χ3n) is 8.35. The predicted octanol–water partition coefficient (Wildman–Crippen LogP) is 9.97. The maximum Gasteiger partial charge on any atom is 0.323 e. The van der Waals surface area contributed by atoms with Gasteiger partial charge in [-0.2, -0.15) is 0 Å². The van der Waals surface area contributed by atoms with Crippen molar-refractivity contribution in [3.05, 3.63) is 47.1 Å². The summed E-state index contributed by atoms with van der Waals surface area (Å²) < 4.78 is 52.2. The first-order valence-electron chi connectivity index (χ1n) is 18.3. The lowest BCUT2D eigenvalue weighted by molar-refractivity contribution is -0.148. The van der Waals surface area contributed by atoms with Crippen LogP contribution < -0.4 is 19.2 Å². The van der Waals surface area contributed by atoms with E-state index in [1.54, 1.807) is 13.8 Å². The zero-order valence-electron chi connectivity index (χ0n) is 33.6. The minimum absolute atomic E-state index is 0.00431. The molecule has 2 rings (SSSR count). The molecule has 0 bridgehead atoms. The quantitative estimate of drug-likeness (QED) is 0.0647. The van der Waals surface area contributed by atoms with Crippen molar-refractivity contribution >= 4 is 27.0 Å². The SMILES string of the molecule is C=C(C)C1CCC(C)=CC1c1c(OP(C)(=O)N[C@@H](C)C(=O)OCC(C)(C)C)cc(CCCCC)cc1OP(C)(=O)N[C@@H](C)C(=O)OCC(C)(C)C. The van der Waals surface area contributed by atoms with Gasteiger partial charge in [0, 0.05) is 24.8 Å². The largest absolute Gasteiger partial charge is 0.464 e. The summed E-state index contributed by atoms with van der Waals surface area (Å²) in [5, 5.41) is 5.76. The second-order valence-electron chi connectivity index (χ2n) is 16.9. The topological polar surface area (TPSA) is 129 Å². The van der Waals surface area contributed by atoms with E-state index >= 15 is 0 Å². The van der Waals surface area contributed by atoms with Crippen molar-refractivity contribution in [2.45, 2.75) is 133 Å². The van der Waals surface area contributed by atoms with Crippen LogP contribution in [0, 0.1) is 16.7 Å². The van der Waals surface area contributed by atoms with Crippen molar-refractivity contribution in [1.82, 2.24) is 10.2 Å². The molecular weight excluding hydrogens is 686 g/mol. The molecule has 10 nitrogen and oxygen atoms in total. The van der Waals surface area contributed by atoms with Gasteiger partial charge in [0.2, 0.25) is 0 Å². The first-order valence-corrected chi connectivity index (χ1v) is 22.4. The van der Waals surface area contributed by atoms with E-state index in [1.807, 2.05) is 60.6 Å². The van der Waals surface area contributed by atoms with E-state index in [-0.39, 0.29) is 35.9 Å². The number of hydrogen-bond acceptors (Lipinski definition) is 8. The monoisotopic (exact) mass is 752 g/mol. The third kappa shape index (κ3) is 15.6. The van der Waals surface area contributed by atoms with Crippen LogP contribution in [0.5, 0.6) is 11.5 Å². The van der Waals surface area contributed by atoms with Gasteiger partial charge in [0.15, 0.2) is 0 Å². The molecule has 6 atom stereocenters. The first kappa shape index (κ1) is 44.8. The summed E-state index contributed by atoms with van der Waals surface area (Å²) in [6.07, 6.45) is 7.46. The number of aryl methyl sites for hydroxylation is 1. The van der Waals surface area contributed by atoms with Crippen LogP contribution in [0.2, 0.25) is 0 Å². The molecule has 0 fully saturated rings. The van der Waals surface area contributed by atoms with Crippen molar-refractivity contribution < 1.29 is 37.2 Å². The Hall–Kier alpha value is -2.38. The number of esters is 2. The van der Waals surface area contributed by atoms with Gasteiger partial charge in [-0.1, -0.05) is 85.1 Å². The smallest absolute Gasteiger partial charge is 0.323 e. The Labute approximate surface area is 308 Å². The number of hydrogen-bond donors (Lipinski definition) is 2. The average Bonchev–Trinajstić information content (AvgIpc) is 2.96. The summed E-state index contributed by atoms with van der Waals surface area (Å²) >= 11 is 0. The lowest BCUT2D eigenvalue weighted by Gasteiger charge is -2.34. The molecule has 51 heavy (non-hydrogen) atoms. The Kier molecular flexibility index (Phi) is 16.3. The third-order valence-corrected chi connectivity index (χ3v) is 11.2. The molecule has 290 valence electrons. The molecule has 2 N–H and O–H groups in total. The van der Waals surface area contributed by atoms with Gasteiger partial charge in [0.05, 0.1) is 13.2 Å². The molecule has 0 saturated carbocycles. The Bertz CT molecular complexity index is 1430. The Balaban J connectivity index is 2.67. The maximum absolute atomic E-state index is 14.2. The molecule has 12 heteroatoms. The molecule has 0 radical (unpaired) electrons. The van der Waals surface area contributed by atoms with Gasteiger partial charge in [-0.15, -0.1) is 0 Å². The number of rotatable bonds is 18. The van der Waals surface area contributed by atoms with E-state index in [1.165, 1.54) is 18.9 Å². The molecule has 0 amide bonds. The predicted molar refractivity (Wildman–Crippen MR) is 208 cm³/mol. The fourth-order valence-electron chi connectivity index (χ4n) is 5.83. The molecular formula is C39H66N2O8P2. The lowest BCUT2D eigenvalue weighted by Crippen LogP contribution is -2.36. The second-order valence-corrected chi connectivity index (χ2v) is 21.2. The summed E-state index contributed by atoms with van der Waals surface area (Å²) in [4.78, 5) is 25.7. The molecule has 1 aliphatic carbocycles. The average molecular weight is 753 g/mol. The van der Waals surface area contributed by atoms with Crippen LogP contribution in [0.4, 0.5) is 0 Å². The van der Waals surface area contributed by atoms with Gasteiger partial charge in [-0.25, -0.2) is 10.2 Å². The molecule has 1 aliphatic rings. The van der Waals surface area contributed by atoms with Crippen LogP contribution >= 0.6 is 15.0 Å². The minimum atomic E-state index is -3.70. The van der Waals surface area contributed by atoms with Gasteiger partial charge in [-0.05, 0) is 87.8 Å². The number of ether oxygens (including phenoxy) is 2. The van der Waals surface area contributed by atoms with Gasteiger partial charge in [0.1, 0.15) is 23.6 Å². The molecule has 0 aliphatic heterocycles. The molecule has 0 aromatic heterocycles. The summed E-state index contributed by atoms with van der Waals surface area (Å²) in [6, 6.07) is 1.95. The van der Waals surface area contributed by atoms with Crippen molar-refractivity contribution in [2.24, 2.45) is 16.7 Å². The van der Waals surface area contributed by atoms with Gasteiger partial charge in [-0.3, -0.25) is 18.7 Å². The van der Waals surface area contributed by atoms with Crippen LogP contribution in [0.25, 0.3) is 0 Å². The number of unbranched alkanes of at least 4 members (excludes halogenated alkanes) is 2. The van der Waals surface area contributed by atoms with Crippen molar-refractivity contribution in [1.29, 1.82) is 0 Å². The molecule has 1 aromatic rings. The molecule has 4 unspecified atom stereocenters. The van der Waals surface area contributed by atoms with Crippen LogP contribution in [-0.2, 0) is 34.6 Å². The first-order chi connectivity index (χ1) is 23.3. The Morgan fingerprint density at radius 3 is 1.73 bits per heavy atom. The van der Waals surface area contributed by atoms with Crippen LogP contribution in [0.1, 0.15) is 125 Å². The van der Waals surface area contributed by atoms with E-state index in [0.717, 1.165) is 43.2 Å². The second kappa shape index (κ2) is 18.6. The highest BCUT2D eigenvalue weighted by Crippen LogP contribution is 2.53. The number of nitrogens with one attached hydrogen (secondary N) is 2. The van der Waals surface area contributed by atoms with Gasteiger partial charge in [0.25, 0.3) is 0 Å². The van der Waals surface area contributed by atoms with Gasteiger partial charge >= 0.3 is 27.0 Å². The van der Waals surface area contributed by atoms with E-state index in [2.05, 4.69) is 36.7 Å². The molecule has 0 heterocycles. The van der Waals surface area contributed by atoms with E-state index < -0.39 is 39.1 Å². The lowest BCUT2D eigenvalue weighted by atomic mass is 9.73. The number of carbonyl (C=O) groups is 2. The Morgan fingerprint density at radius 1 is 0.882 bits per heavy atom. The molecule has 1 aromatic carbocycles. The standard InChI is InChI=1S/C39H66N2O8P2/c1-15-16-17-18-30-22-33(48-50(13,44)40-28(5)36(42)46-24-38(7,8)9)35(32-21-27(4)19-20-31(32)26(2)3)34(23-30)49-51(14,45)41-29(6)37(43)47-25-39(10,11)12/h21-23,28-29,31-32H,2,15-20,24-25H2,1,3-14H3,(H,40,44)(H,41,45)/t28-,29-,31?,32?,50?,51?/m0/s1. The summed E-state index contributed by atoms with van der Waals surface area (Å²) in [5.41, 5.74) is 3.12. The van der Waals surface area contributed by atoms with E-state index in [0.29, 0.717) is 23.5 Å².